The van der Waals surface area contributed by atoms with E-state index in [9.17, 15) is 13.2 Å². The first kappa shape index (κ1) is 18.9. The molecule has 2 aromatic rings. The van der Waals surface area contributed by atoms with Gasteiger partial charge < -0.3 is 5.32 Å². The van der Waals surface area contributed by atoms with E-state index in [2.05, 4.69) is 10.0 Å². The fraction of sp³-hybridized carbons (Fsp3) is 0.316. The second-order valence-corrected chi connectivity index (χ2v) is 8.91. The topological polar surface area (TPSA) is 75.3 Å². The van der Waals surface area contributed by atoms with Gasteiger partial charge in [-0.1, -0.05) is 37.6 Å². The number of carbonyl (C=O) groups excluding carboxylic acids is 1. The molecule has 1 unspecified atom stereocenters. The largest absolute Gasteiger partial charge is 0.326 e. The monoisotopic (exact) mass is 392 g/mol. The Kier molecular flexibility index (Phi) is 5.37. The van der Waals surface area contributed by atoms with Crippen molar-refractivity contribution in [3.05, 3.63) is 58.6 Å². The van der Waals surface area contributed by atoms with Gasteiger partial charge in [-0.05, 0) is 53.8 Å². The lowest BCUT2D eigenvalue weighted by atomic mass is 9.97. The number of hydrogen-bond donors (Lipinski definition) is 2. The third-order valence-corrected chi connectivity index (χ3v) is 6.15. The van der Waals surface area contributed by atoms with E-state index >= 15 is 0 Å². The van der Waals surface area contributed by atoms with Gasteiger partial charge in [-0.25, -0.2) is 13.1 Å². The molecule has 0 saturated carbocycles. The summed E-state index contributed by atoms with van der Waals surface area (Å²) in [5.41, 5.74) is 2.37. The predicted molar refractivity (Wildman–Crippen MR) is 103 cm³/mol. The van der Waals surface area contributed by atoms with Crippen LogP contribution in [-0.4, -0.2) is 14.3 Å². The molecule has 0 aromatic heterocycles. The summed E-state index contributed by atoms with van der Waals surface area (Å²) in [6.07, 6.45) is 0.901. The summed E-state index contributed by atoms with van der Waals surface area (Å²) in [5.74, 6) is 0.0108. The highest BCUT2D eigenvalue weighted by atomic mass is 35.5. The lowest BCUT2D eigenvalue weighted by molar-refractivity contribution is -0.116. The molecule has 0 radical (unpaired) electrons. The highest BCUT2D eigenvalue weighted by molar-refractivity contribution is 7.89. The Labute approximate surface area is 158 Å². The normalized spacial score (nSPS) is 15.5. The number of halogens is 1. The van der Waals surface area contributed by atoms with Gasteiger partial charge in [0.05, 0.1) is 4.90 Å². The van der Waals surface area contributed by atoms with Crippen molar-refractivity contribution >= 4 is 33.2 Å². The Morgan fingerprint density at radius 2 is 1.77 bits per heavy atom. The van der Waals surface area contributed by atoms with E-state index in [1.807, 2.05) is 26.0 Å². The van der Waals surface area contributed by atoms with Crippen molar-refractivity contribution in [2.75, 3.05) is 5.32 Å². The molecule has 0 aliphatic carbocycles. The van der Waals surface area contributed by atoms with Crippen molar-refractivity contribution in [1.82, 2.24) is 4.72 Å². The number of nitrogens with one attached hydrogen (secondary N) is 2. The van der Waals surface area contributed by atoms with Gasteiger partial charge in [-0.15, -0.1) is 0 Å². The first-order valence-corrected chi connectivity index (χ1v) is 10.3. The van der Waals surface area contributed by atoms with Gasteiger partial charge in [0.15, 0.2) is 0 Å². The van der Waals surface area contributed by atoms with Crippen LogP contribution in [0.4, 0.5) is 5.69 Å². The number of carbonyl (C=O) groups is 1. The fourth-order valence-corrected chi connectivity index (χ4v) is 4.57. The lowest BCUT2D eigenvalue weighted by Crippen LogP contribution is -2.32. The van der Waals surface area contributed by atoms with E-state index in [4.69, 9.17) is 11.6 Å². The van der Waals surface area contributed by atoms with Gasteiger partial charge in [0, 0.05) is 23.2 Å². The molecule has 1 atom stereocenters. The van der Waals surface area contributed by atoms with Crippen LogP contribution in [0.15, 0.2) is 47.4 Å². The van der Waals surface area contributed by atoms with Crippen molar-refractivity contribution < 1.29 is 13.2 Å². The molecule has 138 valence electrons. The Balaban J connectivity index is 1.89. The van der Waals surface area contributed by atoms with E-state index in [1.54, 1.807) is 24.3 Å². The quantitative estimate of drug-likeness (QED) is 0.810. The molecule has 3 rings (SSSR count). The van der Waals surface area contributed by atoms with Crippen LogP contribution in [-0.2, 0) is 21.2 Å². The van der Waals surface area contributed by atoms with E-state index < -0.39 is 10.0 Å². The van der Waals surface area contributed by atoms with Gasteiger partial charge in [-0.2, -0.15) is 0 Å². The van der Waals surface area contributed by atoms with Crippen LogP contribution in [0.3, 0.4) is 0 Å². The van der Waals surface area contributed by atoms with Crippen LogP contribution < -0.4 is 10.0 Å². The molecule has 5 nitrogen and oxygen atoms in total. The average Bonchev–Trinajstić information content (AvgIpc) is 2.60. The van der Waals surface area contributed by atoms with Crippen LogP contribution in [0.25, 0.3) is 0 Å². The van der Waals surface area contributed by atoms with Crippen LogP contribution in [0, 0.1) is 5.92 Å². The summed E-state index contributed by atoms with van der Waals surface area (Å²) in [6.45, 7) is 3.92. The van der Waals surface area contributed by atoms with Crippen LogP contribution >= 0.6 is 11.6 Å². The van der Waals surface area contributed by atoms with Crippen molar-refractivity contribution in [1.29, 1.82) is 0 Å². The minimum atomic E-state index is -3.71. The SMILES string of the molecule is CC(C)C(NS(=O)(=O)c1ccc2c(c1)CCC(=O)N2)c1ccc(Cl)cc1. The maximum atomic E-state index is 12.9. The molecule has 0 bridgehead atoms. The minimum Gasteiger partial charge on any atom is -0.326 e. The van der Waals surface area contributed by atoms with E-state index in [0.717, 1.165) is 11.1 Å². The first-order valence-electron chi connectivity index (χ1n) is 8.47. The molecule has 26 heavy (non-hydrogen) atoms. The lowest BCUT2D eigenvalue weighted by Gasteiger charge is -2.24. The van der Waals surface area contributed by atoms with Gasteiger partial charge >= 0.3 is 0 Å². The van der Waals surface area contributed by atoms with E-state index in [-0.39, 0.29) is 22.8 Å². The number of benzene rings is 2. The molecule has 0 fully saturated rings. The number of sulfonamides is 1. The number of anilines is 1. The molecule has 1 aliphatic rings. The fourth-order valence-electron chi connectivity index (χ4n) is 3.02. The maximum Gasteiger partial charge on any atom is 0.241 e. The molecule has 7 heteroatoms. The second kappa shape index (κ2) is 7.39. The third kappa shape index (κ3) is 4.09. The van der Waals surface area contributed by atoms with Crippen molar-refractivity contribution in [3.8, 4) is 0 Å². The van der Waals surface area contributed by atoms with Gasteiger partial charge in [0.1, 0.15) is 0 Å². The minimum absolute atomic E-state index is 0.0474. The molecule has 0 saturated heterocycles. The summed E-state index contributed by atoms with van der Waals surface area (Å²) >= 11 is 5.93. The molecule has 1 amide bonds. The molecule has 2 aromatic carbocycles. The number of rotatable bonds is 5. The Morgan fingerprint density at radius 1 is 1.08 bits per heavy atom. The van der Waals surface area contributed by atoms with Crippen molar-refractivity contribution in [2.24, 2.45) is 5.92 Å². The summed E-state index contributed by atoms with van der Waals surface area (Å²) in [6, 6.07) is 11.6. The summed E-state index contributed by atoms with van der Waals surface area (Å²) in [4.78, 5) is 11.7. The number of aryl methyl sites for hydroxylation is 1. The standard InChI is InChI=1S/C19H21ClN2O3S/c1-12(2)19(13-3-6-15(20)7-4-13)22-26(24,25)16-8-9-17-14(11-16)5-10-18(23)21-17/h3-4,6-9,11-12,19,22H,5,10H2,1-2H3,(H,21,23). The molecular formula is C19H21ClN2O3S. The van der Waals surface area contributed by atoms with Gasteiger partial charge in [0.25, 0.3) is 0 Å². The zero-order chi connectivity index (χ0) is 18.9. The zero-order valence-electron chi connectivity index (χ0n) is 14.6. The van der Waals surface area contributed by atoms with E-state index in [1.165, 1.54) is 6.07 Å². The highest BCUT2D eigenvalue weighted by Gasteiger charge is 2.25. The Morgan fingerprint density at radius 3 is 2.42 bits per heavy atom. The number of fused-ring (bicyclic) bond motifs is 1. The van der Waals surface area contributed by atoms with Crippen molar-refractivity contribution in [2.45, 2.75) is 37.6 Å². The summed E-state index contributed by atoms with van der Waals surface area (Å²) in [5, 5.41) is 3.37. The van der Waals surface area contributed by atoms with E-state index in [0.29, 0.717) is 23.6 Å². The molecule has 2 N–H and O–H groups in total. The zero-order valence-corrected chi connectivity index (χ0v) is 16.2. The Bertz CT molecular complexity index is 924. The van der Waals surface area contributed by atoms with Gasteiger partial charge in [0.2, 0.25) is 15.9 Å². The molecule has 0 spiro atoms. The van der Waals surface area contributed by atoms with Gasteiger partial charge in [-0.3, -0.25) is 4.79 Å². The first-order chi connectivity index (χ1) is 12.3. The van der Waals surface area contributed by atoms with Crippen LogP contribution in [0.1, 0.15) is 37.4 Å². The second-order valence-electron chi connectivity index (χ2n) is 6.76. The molecular weight excluding hydrogens is 372 g/mol. The summed E-state index contributed by atoms with van der Waals surface area (Å²) in [7, 11) is -3.71. The number of hydrogen-bond acceptors (Lipinski definition) is 3. The predicted octanol–water partition coefficient (Wildman–Crippen LogP) is 3.90. The Hall–Kier alpha value is -1.89. The van der Waals surface area contributed by atoms with Crippen molar-refractivity contribution in [3.63, 3.8) is 0 Å². The maximum absolute atomic E-state index is 12.9. The molecule has 1 aliphatic heterocycles. The average molecular weight is 393 g/mol. The summed E-state index contributed by atoms with van der Waals surface area (Å²) < 4.78 is 28.6. The third-order valence-electron chi connectivity index (χ3n) is 4.46. The highest BCUT2D eigenvalue weighted by Crippen LogP contribution is 2.28. The smallest absolute Gasteiger partial charge is 0.241 e. The number of amides is 1. The van der Waals surface area contributed by atoms with Crippen LogP contribution in [0.5, 0.6) is 0 Å². The van der Waals surface area contributed by atoms with Crippen LogP contribution in [0.2, 0.25) is 5.02 Å². The molecule has 1 heterocycles.